The number of hydrogen-bond acceptors (Lipinski definition) is 3. The molecular weight excluding hydrogens is 202 g/mol. The van der Waals surface area contributed by atoms with Crippen molar-refractivity contribution in [2.45, 2.75) is 0 Å². The Morgan fingerprint density at radius 2 is 2.00 bits per heavy atom. The van der Waals surface area contributed by atoms with Crippen LogP contribution in [0.1, 0.15) is 0 Å². The molecule has 0 aliphatic carbocycles. The van der Waals surface area contributed by atoms with E-state index < -0.39 is 0 Å². The molecule has 0 fully saturated rings. The van der Waals surface area contributed by atoms with Crippen molar-refractivity contribution in [1.29, 1.82) is 0 Å². The predicted molar refractivity (Wildman–Crippen MR) is 64.5 cm³/mol. The molecule has 1 N–H and O–H groups in total. The fourth-order valence-corrected chi connectivity index (χ4v) is 1.56. The fraction of sp³-hybridized carbons (Fsp3) is 0.167. The third-order valence-corrected chi connectivity index (χ3v) is 2.39. The fourth-order valence-electron chi connectivity index (χ4n) is 1.56. The molecule has 0 bridgehead atoms. The zero-order valence-electron chi connectivity index (χ0n) is 9.27. The summed E-state index contributed by atoms with van der Waals surface area (Å²) >= 11 is 0. The summed E-state index contributed by atoms with van der Waals surface area (Å²) in [5, 5.41) is 7.12. The number of aryl methyl sites for hydroxylation is 1. The smallest absolute Gasteiger partial charge is 0.211 e. The van der Waals surface area contributed by atoms with E-state index in [1.54, 1.807) is 23.9 Å². The average molecular weight is 215 g/mol. The van der Waals surface area contributed by atoms with Crippen LogP contribution in [0.15, 0.2) is 41.3 Å². The maximum Gasteiger partial charge on any atom is 0.211 e. The summed E-state index contributed by atoms with van der Waals surface area (Å²) in [5.74, 6) is 0. The second-order valence-electron chi connectivity index (χ2n) is 3.50. The Labute approximate surface area is 93.5 Å². The molecule has 0 atom stereocenters. The van der Waals surface area contributed by atoms with Crippen molar-refractivity contribution in [3.05, 3.63) is 46.8 Å². The number of hydrogen-bond donors (Lipinski definition) is 1. The molecule has 0 saturated heterocycles. The molecule has 16 heavy (non-hydrogen) atoms. The van der Waals surface area contributed by atoms with Crippen molar-refractivity contribution in [3.63, 3.8) is 0 Å². The van der Waals surface area contributed by atoms with E-state index in [1.807, 2.05) is 31.4 Å². The quantitative estimate of drug-likeness (QED) is 0.825. The molecule has 0 amide bonds. The number of nitrogens with zero attached hydrogens (tertiary/aromatic N) is 2. The van der Waals surface area contributed by atoms with Crippen LogP contribution in [0.3, 0.4) is 0 Å². The van der Waals surface area contributed by atoms with Gasteiger partial charge in [-0.3, -0.25) is 9.48 Å². The van der Waals surface area contributed by atoms with Crippen molar-refractivity contribution in [2.75, 3.05) is 12.4 Å². The highest BCUT2D eigenvalue weighted by Gasteiger charge is 2.06. The minimum absolute atomic E-state index is 0.0359. The zero-order valence-corrected chi connectivity index (χ0v) is 9.27. The Bertz CT molecular complexity index is 560. The summed E-state index contributed by atoms with van der Waals surface area (Å²) in [7, 11) is 3.56. The van der Waals surface area contributed by atoms with Gasteiger partial charge in [0.1, 0.15) is 0 Å². The van der Waals surface area contributed by atoms with Gasteiger partial charge in [0.2, 0.25) is 5.43 Å². The molecule has 2 rings (SSSR count). The molecule has 0 radical (unpaired) electrons. The van der Waals surface area contributed by atoms with Crippen molar-refractivity contribution >= 4 is 5.69 Å². The van der Waals surface area contributed by atoms with E-state index in [0.717, 1.165) is 0 Å². The molecule has 82 valence electrons. The molecule has 0 aliphatic rings. The Balaban J connectivity index is 2.67. The number of aromatic nitrogens is 2. The molecule has 0 saturated carbocycles. The maximum absolute atomic E-state index is 12.1. The molecular formula is C12H13N3O. The number of nitrogens with one attached hydrogen (secondary N) is 1. The van der Waals surface area contributed by atoms with Gasteiger partial charge in [-0.2, -0.15) is 5.10 Å². The largest absolute Gasteiger partial charge is 0.385 e. The lowest BCUT2D eigenvalue weighted by atomic mass is 10.2. The molecule has 4 heteroatoms. The van der Waals surface area contributed by atoms with Crippen molar-refractivity contribution in [2.24, 2.45) is 7.05 Å². The third kappa shape index (κ3) is 1.82. The van der Waals surface area contributed by atoms with Crippen LogP contribution in [0.25, 0.3) is 11.3 Å². The molecule has 0 unspecified atom stereocenters. The first kappa shape index (κ1) is 10.4. The van der Waals surface area contributed by atoms with E-state index in [9.17, 15) is 4.79 Å². The normalized spacial score (nSPS) is 10.1. The van der Waals surface area contributed by atoms with Gasteiger partial charge in [-0.1, -0.05) is 12.1 Å². The topological polar surface area (TPSA) is 46.9 Å². The lowest BCUT2D eigenvalue weighted by Crippen LogP contribution is -2.08. The van der Waals surface area contributed by atoms with Crippen LogP contribution in [-0.4, -0.2) is 16.8 Å². The minimum atomic E-state index is -0.0359. The van der Waals surface area contributed by atoms with Gasteiger partial charge in [-0.05, 0) is 18.2 Å². The second kappa shape index (κ2) is 4.18. The van der Waals surface area contributed by atoms with Crippen LogP contribution in [0.5, 0.6) is 0 Å². The molecule has 1 aromatic heterocycles. The standard InChI is InChI=1S/C12H13N3O/c1-13-11-6-4-3-5-9(12(11)16)10-7-8-15(2)14-10/h3-8H,1-2H3,(H,13,16). The van der Waals surface area contributed by atoms with Crippen molar-refractivity contribution < 1.29 is 0 Å². The van der Waals surface area contributed by atoms with Crippen molar-refractivity contribution in [1.82, 2.24) is 9.78 Å². The molecule has 0 aliphatic heterocycles. The van der Waals surface area contributed by atoms with Gasteiger partial charge in [-0.25, -0.2) is 0 Å². The third-order valence-electron chi connectivity index (χ3n) is 2.39. The van der Waals surface area contributed by atoms with Crippen LogP contribution in [0.2, 0.25) is 0 Å². The van der Waals surface area contributed by atoms with Gasteiger partial charge in [0.15, 0.2) is 0 Å². The van der Waals surface area contributed by atoms with E-state index in [0.29, 0.717) is 16.9 Å². The monoisotopic (exact) mass is 215 g/mol. The van der Waals surface area contributed by atoms with Crippen LogP contribution in [0.4, 0.5) is 5.69 Å². The SMILES string of the molecule is CNc1ccccc(-c2ccn(C)n2)c1=O. The Kier molecular flexibility index (Phi) is 2.72. The van der Waals surface area contributed by atoms with E-state index in [1.165, 1.54) is 0 Å². The van der Waals surface area contributed by atoms with Crippen LogP contribution < -0.4 is 10.7 Å². The molecule has 1 heterocycles. The van der Waals surface area contributed by atoms with Gasteiger partial charge >= 0.3 is 0 Å². The van der Waals surface area contributed by atoms with Gasteiger partial charge < -0.3 is 5.32 Å². The van der Waals surface area contributed by atoms with Gasteiger partial charge in [0.25, 0.3) is 0 Å². The second-order valence-corrected chi connectivity index (χ2v) is 3.50. The number of rotatable bonds is 2. The summed E-state index contributed by atoms with van der Waals surface area (Å²) in [6.07, 6.45) is 1.82. The Hall–Kier alpha value is -2.10. The van der Waals surface area contributed by atoms with E-state index in [2.05, 4.69) is 10.4 Å². The molecule has 4 nitrogen and oxygen atoms in total. The first-order chi connectivity index (χ1) is 7.72. The Morgan fingerprint density at radius 1 is 1.25 bits per heavy atom. The average Bonchev–Trinajstić information content (AvgIpc) is 2.60. The lowest BCUT2D eigenvalue weighted by Gasteiger charge is -1.95. The van der Waals surface area contributed by atoms with E-state index in [4.69, 9.17) is 0 Å². The van der Waals surface area contributed by atoms with Gasteiger partial charge in [0.05, 0.1) is 16.9 Å². The van der Waals surface area contributed by atoms with Crippen molar-refractivity contribution in [3.8, 4) is 11.3 Å². The Morgan fingerprint density at radius 3 is 2.62 bits per heavy atom. The first-order valence-electron chi connectivity index (χ1n) is 5.03. The highest BCUT2D eigenvalue weighted by molar-refractivity contribution is 5.63. The van der Waals surface area contributed by atoms with E-state index >= 15 is 0 Å². The maximum atomic E-state index is 12.1. The van der Waals surface area contributed by atoms with Crippen LogP contribution in [-0.2, 0) is 7.05 Å². The van der Waals surface area contributed by atoms with Crippen LogP contribution >= 0.6 is 0 Å². The lowest BCUT2D eigenvalue weighted by molar-refractivity contribution is 0.771. The summed E-state index contributed by atoms with van der Waals surface area (Å²) in [6.45, 7) is 0. The summed E-state index contributed by atoms with van der Waals surface area (Å²) in [4.78, 5) is 12.1. The van der Waals surface area contributed by atoms with Gasteiger partial charge in [0, 0.05) is 20.3 Å². The van der Waals surface area contributed by atoms with Crippen LogP contribution in [0, 0.1) is 0 Å². The highest BCUT2D eigenvalue weighted by Crippen LogP contribution is 2.13. The highest BCUT2D eigenvalue weighted by atomic mass is 16.1. The minimum Gasteiger partial charge on any atom is -0.385 e. The molecule has 2 aromatic rings. The first-order valence-corrected chi connectivity index (χ1v) is 5.03. The summed E-state index contributed by atoms with van der Waals surface area (Å²) in [6, 6.07) is 9.04. The molecule has 0 spiro atoms. The van der Waals surface area contributed by atoms with E-state index in [-0.39, 0.29) is 5.43 Å². The zero-order chi connectivity index (χ0) is 11.5. The van der Waals surface area contributed by atoms with Gasteiger partial charge in [-0.15, -0.1) is 0 Å². The summed E-state index contributed by atoms with van der Waals surface area (Å²) < 4.78 is 1.68. The number of anilines is 1. The predicted octanol–water partition coefficient (Wildman–Crippen LogP) is 1.49. The molecule has 1 aromatic carbocycles. The summed E-state index contributed by atoms with van der Waals surface area (Å²) in [5.41, 5.74) is 1.84.